The Kier molecular flexibility index (Phi) is 3.73. The minimum Gasteiger partial charge on any atom is -0.339 e. The molecule has 25 heavy (non-hydrogen) atoms. The second kappa shape index (κ2) is 5.60. The highest BCUT2D eigenvalue weighted by molar-refractivity contribution is 7.89. The molecule has 0 unspecified atom stereocenters. The summed E-state index contributed by atoms with van der Waals surface area (Å²) in [5, 5.41) is 9.19. The van der Waals surface area contributed by atoms with E-state index in [2.05, 4.69) is 29.0 Å². The summed E-state index contributed by atoms with van der Waals surface area (Å²) in [5.41, 5.74) is 0.924. The molecule has 2 fully saturated rings. The van der Waals surface area contributed by atoms with E-state index in [9.17, 15) is 8.42 Å². The van der Waals surface area contributed by atoms with Crippen molar-refractivity contribution in [2.75, 3.05) is 0 Å². The third-order valence-electron chi connectivity index (χ3n) is 5.68. The number of rotatable bonds is 4. The molecule has 0 radical (unpaired) electrons. The average molecular weight is 362 g/mol. The maximum absolute atomic E-state index is 11.4. The zero-order valence-electron chi connectivity index (χ0n) is 14.3. The van der Waals surface area contributed by atoms with Crippen molar-refractivity contribution in [3.05, 3.63) is 35.6 Å². The summed E-state index contributed by atoms with van der Waals surface area (Å²) in [4.78, 5) is 8.66. The largest absolute Gasteiger partial charge is 0.339 e. The summed E-state index contributed by atoms with van der Waals surface area (Å²) < 4.78 is 28.3. The topological polar surface area (TPSA) is 112 Å². The molecular formula is C17H22N4O3S. The van der Waals surface area contributed by atoms with Crippen molar-refractivity contribution >= 4 is 10.0 Å². The van der Waals surface area contributed by atoms with E-state index < -0.39 is 10.0 Å². The average Bonchev–Trinajstić information content (AvgIpc) is 3.03. The molecule has 2 saturated carbocycles. The second-order valence-corrected chi connectivity index (χ2v) is 9.23. The molecule has 0 bridgehead atoms. The molecule has 4 rings (SSSR count). The molecule has 2 heterocycles. The van der Waals surface area contributed by atoms with Gasteiger partial charge in [-0.3, -0.25) is 0 Å². The monoisotopic (exact) mass is 362 g/mol. The lowest BCUT2D eigenvalue weighted by atomic mass is 10.1. The van der Waals surface area contributed by atoms with E-state index in [0.717, 1.165) is 24.2 Å². The van der Waals surface area contributed by atoms with Crippen molar-refractivity contribution in [3.8, 4) is 0 Å². The Morgan fingerprint density at radius 2 is 1.92 bits per heavy atom. The van der Waals surface area contributed by atoms with Gasteiger partial charge in [0.05, 0.1) is 5.92 Å². The molecule has 0 saturated heterocycles. The van der Waals surface area contributed by atoms with E-state index in [0.29, 0.717) is 11.8 Å². The maximum Gasteiger partial charge on any atom is 0.255 e. The van der Waals surface area contributed by atoms with Crippen LogP contribution in [-0.4, -0.2) is 23.5 Å². The first-order valence-electron chi connectivity index (χ1n) is 8.61. The standard InChI is InChI=1S/C17H22N4O3S/c1-17(2)13(11-7-8-12(19-9-11)25(18,22)23)14(17)16-20-15(21-24-16)10-5-3-4-6-10/h7-10,13-14H,3-6H2,1-2H3,(H2,18,22,23)/t13-,14+/m1/s1. The minimum atomic E-state index is -3.78. The fraction of sp³-hybridized carbons (Fsp3) is 0.588. The van der Waals surface area contributed by atoms with Gasteiger partial charge >= 0.3 is 0 Å². The zero-order chi connectivity index (χ0) is 17.8. The predicted molar refractivity (Wildman–Crippen MR) is 90.4 cm³/mol. The van der Waals surface area contributed by atoms with Crippen LogP contribution in [0.4, 0.5) is 0 Å². The van der Waals surface area contributed by atoms with Crippen LogP contribution >= 0.6 is 0 Å². The summed E-state index contributed by atoms with van der Waals surface area (Å²) in [5.74, 6) is 2.22. The first-order valence-corrected chi connectivity index (χ1v) is 10.2. The number of nitrogens with two attached hydrogens (primary N) is 1. The van der Waals surface area contributed by atoms with Gasteiger partial charge < -0.3 is 4.52 Å². The molecule has 2 aliphatic carbocycles. The number of pyridine rings is 1. The Morgan fingerprint density at radius 1 is 1.20 bits per heavy atom. The molecule has 2 aliphatic rings. The zero-order valence-corrected chi connectivity index (χ0v) is 15.2. The number of hydrogen-bond acceptors (Lipinski definition) is 6. The normalized spacial score (nSPS) is 26.0. The molecule has 0 aromatic carbocycles. The van der Waals surface area contributed by atoms with Crippen molar-refractivity contribution in [1.29, 1.82) is 0 Å². The van der Waals surface area contributed by atoms with Crippen LogP contribution in [0.1, 0.15) is 74.6 Å². The smallest absolute Gasteiger partial charge is 0.255 e. The summed E-state index contributed by atoms with van der Waals surface area (Å²) >= 11 is 0. The SMILES string of the molecule is CC1(C)[C@H](c2ccc(S(N)(=O)=O)nc2)[C@H]1c1nc(C2CCCC2)no1. The Hall–Kier alpha value is -1.80. The quantitative estimate of drug-likeness (QED) is 0.895. The van der Waals surface area contributed by atoms with Gasteiger partial charge in [-0.05, 0) is 29.9 Å². The van der Waals surface area contributed by atoms with Gasteiger partial charge in [-0.1, -0.05) is 37.9 Å². The van der Waals surface area contributed by atoms with Crippen LogP contribution in [0.2, 0.25) is 0 Å². The lowest BCUT2D eigenvalue weighted by Gasteiger charge is -2.03. The van der Waals surface area contributed by atoms with Crippen molar-refractivity contribution in [1.82, 2.24) is 15.1 Å². The molecule has 0 amide bonds. The number of nitrogens with zero attached hydrogens (tertiary/aromatic N) is 3. The molecular weight excluding hydrogens is 340 g/mol. The molecule has 2 aromatic heterocycles. The molecule has 2 aromatic rings. The van der Waals surface area contributed by atoms with E-state index >= 15 is 0 Å². The molecule has 2 N–H and O–H groups in total. The highest BCUT2D eigenvalue weighted by Crippen LogP contribution is 2.69. The summed E-state index contributed by atoms with van der Waals surface area (Å²) in [6.45, 7) is 4.30. The minimum absolute atomic E-state index is 0.0374. The number of aromatic nitrogens is 3. The van der Waals surface area contributed by atoms with Gasteiger partial charge in [0.15, 0.2) is 10.9 Å². The summed E-state index contributed by atoms with van der Waals surface area (Å²) in [6, 6.07) is 3.22. The number of primary sulfonamides is 1. The fourth-order valence-electron chi connectivity index (χ4n) is 4.19. The van der Waals surface area contributed by atoms with E-state index in [1.165, 1.54) is 18.9 Å². The summed E-state index contributed by atoms with van der Waals surface area (Å²) in [6.07, 6.45) is 6.31. The van der Waals surface area contributed by atoms with Crippen molar-refractivity contribution in [2.45, 2.75) is 62.3 Å². The van der Waals surface area contributed by atoms with E-state index in [1.54, 1.807) is 12.3 Å². The van der Waals surface area contributed by atoms with E-state index in [1.807, 2.05) is 0 Å². The first-order chi connectivity index (χ1) is 11.8. The van der Waals surface area contributed by atoms with Crippen LogP contribution < -0.4 is 5.14 Å². The first kappa shape index (κ1) is 16.7. The Balaban J connectivity index is 1.57. The number of sulfonamides is 1. The van der Waals surface area contributed by atoms with Gasteiger partial charge in [0.1, 0.15) is 0 Å². The van der Waals surface area contributed by atoms with Crippen LogP contribution in [-0.2, 0) is 10.0 Å². The molecule has 0 spiro atoms. The van der Waals surface area contributed by atoms with Crippen LogP contribution in [0.5, 0.6) is 0 Å². The van der Waals surface area contributed by atoms with E-state index in [-0.39, 0.29) is 22.3 Å². The third kappa shape index (κ3) is 2.87. The second-order valence-electron chi connectivity index (χ2n) is 7.72. The van der Waals surface area contributed by atoms with Gasteiger partial charge in [-0.25, -0.2) is 18.5 Å². The van der Waals surface area contributed by atoms with E-state index in [4.69, 9.17) is 9.66 Å². The fourth-order valence-corrected chi connectivity index (χ4v) is 4.65. The lowest BCUT2D eigenvalue weighted by molar-refractivity contribution is 0.360. The van der Waals surface area contributed by atoms with Crippen LogP contribution in [0.15, 0.2) is 27.9 Å². The Morgan fingerprint density at radius 3 is 2.52 bits per heavy atom. The van der Waals surface area contributed by atoms with Crippen molar-refractivity contribution in [2.24, 2.45) is 10.6 Å². The third-order valence-corrected chi connectivity index (χ3v) is 6.51. The highest BCUT2D eigenvalue weighted by Gasteiger charge is 2.62. The molecule has 2 atom stereocenters. The predicted octanol–water partition coefficient (Wildman–Crippen LogP) is 2.68. The molecule has 0 aliphatic heterocycles. The van der Waals surface area contributed by atoms with Gasteiger partial charge in [0.2, 0.25) is 5.89 Å². The molecule has 134 valence electrons. The van der Waals surface area contributed by atoms with Gasteiger partial charge in [-0.2, -0.15) is 4.98 Å². The Bertz CT molecular complexity index is 883. The van der Waals surface area contributed by atoms with Crippen LogP contribution in [0.25, 0.3) is 0 Å². The van der Waals surface area contributed by atoms with Gasteiger partial charge in [0.25, 0.3) is 10.0 Å². The van der Waals surface area contributed by atoms with Gasteiger partial charge in [0, 0.05) is 18.0 Å². The highest BCUT2D eigenvalue weighted by atomic mass is 32.2. The maximum atomic E-state index is 11.4. The Labute approximate surface area is 147 Å². The molecule has 7 nitrogen and oxygen atoms in total. The van der Waals surface area contributed by atoms with Crippen LogP contribution in [0.3, 0.4) is 0 Å². The lowest BCUT2D eigenvalue weighted by Crippen LogP contribution is -2.13. The van der Waals surface area contributed by atoms with Crippen LogP contribution in [0, 0.1) is 5.41 Å². The van der Waals surface area contributed by atoms with Crippen molar-refractivity contribution < 1.29 is 12.9 Å². The van der Waals surface area contributed by atoms with Gasteiger partial charge in [-0.15, -0.1) is 0 Å². The number of hydrogen-bond donors (Lipinski definition) is 1. The molecule has 8 heteroatoms. The summed E-state index contributed by atoms with van der Waals surface area (Å²) in [7, 11) is -3.78. The van der Waals surface area contributed by atoms with Crippen molar-refractivity contribution in [3.63, 3.8) is 0 Å².